The van der Waals surface area contributed by atoms with Crippen molar-refractivity contribution in [2.45, 2.75) is 131 Å². The van der Waals surface area contributed by atoms with Gasteiger partial charge in [-0.3, -0.25) is 0 Å². The van der Waals surface area contributed by atoms with E-state index in [-0.39, 0.29) is 5.48 Å². The van der Waals surface area contributed by atoms with Gasteiger partial charge in [-0.05, 0) is 54.4 Å². The van der Waals surface area contributed by atoms with Crippen molar-refractivity contribution in [3.63, 3.8) is 0 Å². The molecule has 0 radical (unpaired) electrons. The average molecular weight is 330 g/mol. The van der Waals surface area contributed by atoms with Gasteiger partial charge in [0.25, 0.3) is 0 Å². The van der Waals surface area contributed by atoms with Gasteiger partial charge in [0.2, 0.25) is 0 Å². The Balaban J connectivity index is 0. The van der Waals surface area contributed by atoms with Crippen molar-refractivity contribution in [3.05, 3.63) is 0 Å². The van der Waals surface area contributed by atoms with Gasteiger partial charge < -0.3 is 9.96 Å². The van der Waals surface area contributed by atoms with Gasteiger partial charge >= 0.3 is 0 Å². The zero-order chi connectivity index (χ0) is 17.0. The van der Waals surface area contributed by atoms with Gasteiger partial charge in [-0.15, -0.1) is 0 Å². The van der Waals surface area contributed by atoms with Gasteiger partial charge in [-0.2, -0.15) is 0 Å². The second kappa shape index (κ2) is 14.3. The van der Waals surface area contributed by atoms with Crippen LogP contribution in [0, 0.1) is 0 Å². The summed E-state index contributed by atoms with van der Waals surface area (Å²) in [7, 11) is 0. The van der Waals surface area contributed by atoms with Crippen molar-refractivity contribution in [1.82, 2.24) is 0 Å². The molecule has 0 bridgehead atoms. The van der Waals surface area contributed by atoms with E-state index in [4.69, 9.17) is 0 Å². The van der Waals surface area contributed by atoms with E-state index >= 15 is 0 Å². The SMILES string of the molecule is CCCCCCCCCCCC[N+](C(C)C)(C(C)C)C(C)C.[OH-]. The average Bonchev–Trinajstić information content (AvgIpc) is 2.43. The van der Waals surface area contributed by atoms with Crippen molar-refractivity contribution >= 4 is 0 Å². The highest BCUT2D eigenvalue weighted by Crippen LogP contribution is 2.26. The summed E-state index contributed by atoms with van der Waals surface area (Å²) in [5.41, 5.74) is 0. The monoisotopic (exact) mass is 329 g/mol. The summed E-state index contributed by atoms with van der Waals surface area (Å²) in [4.78, 5) is 0. The van der Waals surface area contributed by atoms with Crippen molar-refractivity contribution < 1.29 is 9.96 Å². The Hall–Kier alpha value is -0.0800. The van der Waals surface area contributed by atoms with Crippen LogP contribution >= 0.6 is 0 Å². The molecule has 142 valence electrons. The van der Waals surface area contributed by atoms with Crippen molar-refractivity contribution in [1.29, 1.82) is 0 Å². The van der Waals surface area contributed by atoms with Crippen LogP contribution in [0.25, 0.3) is 0 Å². The third kappa shape index (κ3) is 9.10. The van der Waals surface area contributed by atoms with Crippen LogP contribution in [0.5, 0.6) is 0 Å². The van der Waals surface area contributed by atoms with Gasteiger partial charge in [-0.25, -0.2) is 0 Å². The maximum absolute atomic E-state index is 2.41. The lowest BCUT2D eigenvalue weighted by Gasteiger charge is -2.49. The molecular formula is C21H47NO. The van der Waals surface area contributed by atoms with E-state index in [1.165, 1.54) is 75.2 Å². The van der Waals surface area contributed by atoms with Crippen LogP contribution in [0.15, 0.2) is 0 Å². The topological polar surface area (TPSA) is 30.0 Å². The lowest BCUT2D eigenvalue weighted by molar-refractivity contribution is -0.985. The first-order chi connectivity index (χ1) is 10.4. The van der Waals surface area contributed by atoms with E-state index < -0.39 is 0 Å². The lowest BCUT2D eigenvalue weighted by atomic mass is 10.0. The summed E-state index contributed by atoms with van der Waals surface area (Å²) >= 11 is 0. The van der Waals surface area contributed by atoms with Crippen LogP contribution in [0.2, 0.25) is 0 Å². The summed E-state index contributed by atoms with van der Waals surface area (Å²) in [5.74, 6) is 0. The number of hydrogen-bond donors (Lipinski definition) is 0. The summed E-state index contributed by atoms with van der Waals surface area (Å²) < 4.78 is 1.29. The molecule has 0 saturated heterocycles. The fourth-order valence-electron chi connectivity index (χ4n) is 4.44. The molecule has 23 heavy (non-hydrogen) atoms. The summed E-state index contributed by atoms with van der Waals surface area (Å²) in [6.45, 7) is 18.1. The Labute approximate surface area is 147 Å². The molecule has 2 nitrogen and oxygen atoms in total. The van der Waals surface area contributed by atoms with Crippen LogP contribution in [-0.2, 0) is 0 Å². The number of nitrogens with zero attached hydrogens (tertiary/aromatic N) is 1. The molecule has 1 N–H and O–H groups in total. The fourth-order valence-corrected chi connectivity index (χ4v) is 4.44. The Morgan fingerprint density at radius 3 is 1.13 bits per heavy atom. The molecule has 0 aromatic heterocycles. The van der Waals surface area contributed by atoms with Crippen LogP contribution in [0.4, 0.5) is 0 Å². The van der Waals surface area contributed by atoms with E-state index in [9.17, 15) is 0 Å². The second-order valence-electron chi connectivity index (χ2n) is 8.18. The van der Waals surface area contributed by atoms with E-state index in [2.05, 4.69) is 48.5 Å². The first kappa shape index (κ1) is 25.2. The molecule has 0 aromatic carbocycles. The maximum atomic E-state index is 2.41. The standard InChI is InChI=1S/C21H46N.H2O/c1-8-9-10-11-12-13-14-15-16-17-18-22(19(2)3,20(4)5)21(6)7;/h19-21H,8-18H2,1-7H3;1H2/q+1;/p-1. The summed E-state index contributed by atoms with van der Waals surface area (Å²) in [6.07, 6.45) is 14.4. The number of unbranched alkanes of at least 4 members (excludes halogenated alkanes) is 9. The van der Waals surface area contributed by atoms with Crippen molar-refractivity contribution in [2.24, 2.45) is 0 Å². The van der Waals surface area contributed by atoms with Gasteiger partial charge in [0.1, 0.15) is 0 Å². The predicted molar refractivity (Wildman–Crippen MR) is 104 cm³/mol. The summed E-state index contributed by atoms with van der Waals surface area (Å²) in [6, 6.07) is 2.20. The molecule has 0 unspecified atom stereocenters. The van der Waals surface area contributed by atoms with Crippen LogP contribution in [0.3, 0.4) is 0 Å². The Morgan fingerprint density at radius 1 is 0.522 bits per heavy atom. The molecule has 0 fully saturated rings. The lowest BCUT2D eigenvalue weighted by Crippen LogP contribution is -2.62. The summed E-state index contributed by atoms with van der Waals surface area (Å²) in [5, 5.41) is 0. The molecule has 0 rings (SSSR count). The Bertz CT molecular complexity index is 226. The van der Waals surface area contributed by atoms with E-state index in [1.54, 1.807) is 0 Å². The molecule has 0 aliphatic rings. The molecule has 0 aliphatic heterocycles. The number of quaternary nitrogens is 1. The minimum atomic E-state index is 0. The third-order valence-corrected chi connectivity index (χ3v) is 5.78. The van der Waals surface area contributed by atoms with Crippen molar-refractivity contribution in [2.75, 3.05) is 6.54 Å². The molecule has 0 atom stereocenters. The normalized spacial score (nSPS) is 12.3. The first-order valence-electron chi connectivity index (χ1n) is 10.3. The molecule has 2 heteroatoms. The van der Waals surface area contributed by atoms with Gasteiger partial charge in [-0.1, -0.05) is 58.3 Å². The van der Waals surface area contributed by atoms with Gasteiger partial charge in [0, 0.05) is 0 Å². The molecule has 0 aromatic rings. The molecule has 0 amide bonds. The largest absolute Gasteiger partial charge is 0.870 e. The quantitative estimate of drug-likeness (QED) is 0.255. The first-order valence-corrected chi connectivity index (χ1v) is 10.3. The van der Waals surface area contributed by atoms with Crippen molar-refractivity contribution in [3.8, 4) is 0 Å². The zero-order valence-electron chi connectivity index (χ0n) is 17.4. The second-order valence-corrected chi connectivity index (χ2v) is 8.18. The minimum Gasteiger partial charge on any atom is -0.870 e. The Morgan fingerprint density at radius 2 is 0.826 bits per heavy atom. The van der Waals surface area contributed by atoms with Crippen LogP contribution in [0.1, 0.15) is 113 Å². The minimum absolute atomic E-state index is 0. The maximum Gasteiger partial charge on any atom is 0.0837 e. The van der Waals surface area contributed by atoms with E-state index in [0.29, 0.717) is 0 Å². The van der Waals surface area contributed by atoms with E-state index in [0.717, 1.165) is 18.1 Å². The predicted octanol–water partition coefficient (Wildman–Crippen LogP) is 6.77. The highest BCUT2D eigenvalue weighted by Gasteiger charge is 2.37. The third-order valence-electron chi connectivity index (χ3n) is 5.78. The van der Waals surface area contributed by atoms with Crippen LogP contribution < -0.4 is 0 Å². The molecule has 0 saturated carbocycles. The van der Waals surface area contributed by atoms with E-state index in [1.807, 2.05) is 0 Å². The zero-order valence-corrected chi connectivity index (χ0v) is 17.4. The molecule has 0 heterocycles. The Kier molecular flexibility index (Phi) is 15.6. The van der Waals surface area contributed by atoms with Gasteiger partial charge in [0.05, 0.1) is 24.7 Å². The molecule has 0 spiro atoms. The molecule has 0 aliphatic carbocycles. The van der Waals surface area contributed by atoms with Gasteiger partial charge in [0.15, 0.2) is 0 Å². The smallest absolute Gasteiger partial charge is 0.0837 e. The fraction of sp³-hybridized carbons (Fsp3) is 1.00. The highest BCUT2D eigenvalue weighted by atomic mass is 16.0. The number of hydrogen-bond acceptors (Lipinski definition) is 1. The molecular weight excluding hydrogens is 282 g/mol. The van der Waals surface area contributed by atoms with Crippen LogP contribution in [-0.4, -0.2) is 34.6 Å². The number of rotatable bonds is 14. The highest BCUT2D eigenvalue weighted by molar-refractivity contribution is 4.59.